The molecule has 0 amide bonds. The average molecular weight is 351 g/mol. The summed E-state index contributed by atoms with van der Waals surface area (Å²) in [6, 6.07) is 10.4. The molecule has 2 N–H and O–H groups in total. The first-order valence-electron chi connectivity index (χ1n) is 9.42. The number of carboxylic acid groups (broad SMARTS) is 1. The molecule has 0 bridgehead atoms. The summed E-state index contributed by atoms with van der Waals surface area (Å²) >= 11 is 0. The Hall–Kier alpha value is -2.17. The lowest BCUT2D eigenvalue weighted by atomic mass is 9.66. The van der Waals surface area contributed by atoms with Crippen molar-refractivity contribution in [2.24, 2.45) is 0 Å². The molecule has 1 heterocycles. The van der Waals surface area contributed by atoms with E-state index >= 15 is 0 Å². The van der Waals surface area contributed by atoms with Crippen molar-refractivity contribution in [1.29, 1.82) is 0 Å². The molecule has 0 radical (unpaired) electrons. The van der Waals surface area contributed by atoms with Crippen LogP contribution in [0.4, 0.5) is 0 Å². The number of rotatable bonds is 4. The van der Waals surface area contributed by atoms with E-state index in [4.69, 9.17) is 4.74 Å². The molecule has 136 valence electrons. The zero-order valence-electron chi connectivity index (χ0n) is 15.1. The number of ether oxygens (including phenoxy) is 1. The molecule has 1 aliphatic heterocycles. The fourth-order valence-electron chi connectivity index (χ4n) is 4.81. The zero-order chi connectivity index (χ0) is 18.1. The summed E-state index contributed by atoms with van der Waals surface area (Å²) in [6.07, 6.45) is 8.52. The van der Waals surface area contributed by atoms with Crippen molar-refractivity contribution >= 4 is 5.97 Å². The van der Waals surface area contributed by atoms with Gasteiger partial charge in [-0.25, -0.2) is 4.79 Å². The van der Waals surface area contributed by atoms with Crippen molar-refractivity contribution in [1.82, 2.24) is 5.32 Å². The first-order valence-corrected chi connectivity index (χ1v) is 9.42. The molecule has 4 nitrogen and oxygen atoms in total. The van der Waals surface area contributed by atoms with Crippen LogP contribution in [0.25, 0.3) is 0 Å². The van der Waals surface area contributed by atoms with Gasteiger partial charge in [0.25, 0.3) is 0 Å². The van der Waals surface area contributed by atoms with Gasteiger partial charge in [0.1, 0.15) is 5.60 Å². The molecule has 1 aromatic rings. The molecule has 3 aliphatic rings. The van der Waals surface area contributed by atoms with E-state index in [1.807, 2.05) is 25.1 Å². The van der Waals surface area contributed by atoms with Gasteiger partial charge in [-0.3, -0.25) is 0 Å². The molecular weight excluding hydrogens is 326 g/mol. The summed E-state index contributed by atoms with van der Waals surface area (Å²) in [4.78, 5) is 12.1. The SMILES string of the molecule is CCOC12C(C(=O)O)=CC=CC1NCC1=C2CC(c2ccccc2)CC1. The number of allylic oxidation sites excluding steroid dienone is 2. The predicted molar refractivity (Wildman–Crippen MR) is 101 cm³/mol. The van der Waals surface area contributed by atoms with E-state index in [-0.39, 0.29) is 6.04 Å². The molecule has 3 unspecified atom stereocenters. The van der Waals surface area contributed by atoms with E-state index in [9.17, 15) is 9.90 Å². The maximum Gasteiger partial charge on any atom is 0.334 e. The largest absolute Gasteiger partial charge is 0.478 e. The van der Waals surface area contributed by atoms with Gasteiger partial charge in [0.15, 0.2) is 0 Å². The Morgan fingerprint density at radius 2 is 2.15 bits per heavy atom. The molecule has 0 saturated heterocycles. The third-order valence-corrected chi connectivity index (χ3v) is 5.93. The van der Waals surface area contributed by atoms with Crippen molar-refractivity contribution in [3.8, 4) is 0 Å². The normalized spacial score (nSPS) is 30.4. The van der Waals surface area contributed by atoms with Crippen LogP contribution in [0.2, 0.25) is 0 Å². The van der Waals surface area contributed by atoms with Gasteiger partial charge in [0.2, 0.25) is 0 Å². The van der Waals surface area contributed by atoms with Crippen LogP contribution in [0.15, 0.2) is 65.3 Å². The third-order valence-electron chi connectivity index (χ3n) is 5.93. The van der Waals surface area contributed by atoms with Gasteiger partial charge in [-0.05, 0) is 49.3 Å². The van der Waals surface area contributed by atoms with Crippen LogP contribution in [-0.2, 0) is 9.53 Å². The molecule has 26 heavy (non-hydrogen) atoms. The second-order valence-corrected chi connectivity index (χ2v) is 7.23. The van der Waals surface area contributed by atoms with E-state index in [0.717, 1.165) is 25.8 Å². The number of fused-ring (bicyclic) bond motifs is 2. The third kappa shape index (κ3) is 2.65. The van der Waals surface area contributed by atoms with Gasteiger partial charge in [-0.1, -0.05) is 48.1 Å². The van der Waals surface area contributed by atoms with Crippen LogP contribution in [0, 0.1) is 0 Å². The quantitative estimate of drug-likeness (QED) is 0.814. The van der Waals surface area contributed by atoms with Crippen molar-refractivity contribution < 1.29 is 14.6 Å². The minimum atomic E-state index is -0.898. The summed E-state index contributed by atoms with van der Waals surface area (Å²) in [5.74, 6) is -0.489. The number of hydrogen-bond donors (Lipinski definition) is 2. The lowest BCUT2D eigenvalue weighted by Gasteiger charge is -2.49. The highest BCUT2D eigenvalue weighted by Gasteiger charge is 2.52. The lowest BCUT2D eigenvalue weighted by molar-refractivity contribution is -0.136. The Labute approximate surface area is 154 Å². The number of hydrogen-bond acceptors (Lipinski definition) is 3. The summed E-state index contributed by atoms with van der Waals surface area (Å²) in [5, 5.41) is 13.4. The van der Waals surface area contributed by atoms with Crippen LogP contribution in [0.3, 0.4) is 0 Å². The van der Waals surface area contributed by atoms with Gasteiger partial charge >= 0.3 is 5.97 Å². The molecule has 0 spiro atoms. The molecule has 3 atom stereocenters. The van der Waals surface area contributed by atoms with Gasteiger partial charge in [0.05, 0.1) is 11.6 Å². The van der Waals surface area contributed by atoms with E-state index in [0.29, 0.717) is 18.1 Å². The van der Waals surface area contributed by atoms with Crippen molar-refractivity contribution in [3.63, 3.8) is 0 Å². The number of nitrogens with one attached hydrogen (secondary N) is 1. The summed E-state index contributed by atoms with van der Waals surface area (Å²) < 4.78 is 6.28. The molecule has 4 rings (SSSR count). The molecule has 0 fully saturated rings. The van der Waals surface area contributed by atoms with E-state index in [1.54, 1.807) is 6.08 Å². The van der Waals surface area contributed by atoms with Gasteiger partial charge in [0, 0.05) is 13.2 Å². The monoisotopic (exact) mass is 351 g/mol. The molecule has 1 aromatic carbocycles. The van der Waals surface area contributed by atoms with E-state index in [1.165, 1.54) is 16.7 Å². The van der Waals surface area contributed by atoms with Crippen LogP contribution >= 0.6 is 0 Å². The fraction of sp³-hybridized carbons (Fsp3) is 0.409. The van der Waals surface area contributed by atoms with E-state index < -0.39 is 11.6 Å². The molecule has 4 heteroatoms. The second-order valence-electron chi connectivity index (χ2n) is 7.23. The number of carbonyl (C=O) groups is 1. The lowest BCUT2D eigenvalue weighted by Crippen LogP contribution is -2.60. The van der Waals surface area contributed by atoms with E-state index in [2.05, 4.69) is 29.6 Å². The van der Waals surface area contributed by atoms with Crippen LogP contribution in [0.5, 0.6) is 0 Å². The Balaban J connectivity index is 1.80. The summed E-state index contributed by atoms with van der Waals surface area (Å²) in [5.41, 5.74) is 3.29. The summed E-state index contributed by atoms with van der Waals surface area (Å²) in [6.45, 7) is 3.23. The number of carboxylic acids is 1. The van der Waals surface area contributed by atoms with Crippen molar-refractivity contribution in [2.75, 3.05) is 13.2 Å². The maximum atomic E-state index is 12.1. The van der Waals surface area contributed by atoms with Gasteiger partial charge < -0.3 is 15.2 Å². The first-order chi connectivity index (χ1) is 12.7. The molecule has 0 aromatic heterocycles. The highest BCUT2D eigenvalue weighted by molar-refractivity contribution is 5.92. The first kappa shape index (κ1) is 17.3. The minimum Gasteiger partial charge on any atom is -0.478 e. The van der Waals surface area contributed by atoms with Crippen LogP contribution in [-0.4, -0.2) is 35.9 Å². The second kappa shape index (κ2) is 6.86. The van der Waals surface area contributed by atoms with Gasteiger partial charge in [-0.2, -0.15) is 0 Å². The topological polar surface area (TPSA) is 58.6 Å². The van der Waals surface area contributed by atoms with Crippen LogP contribution in [0.1, 0.15) is 37.7 Å². The van der Waals surface area contributed by atoms with Crippen molar-refractivity contribution in [3.05, 3.63) is 70.8 Å². The number of benzene rings is 1. The Morgan fingerprint density at radius 3 is 2.88 bits per heavy atom. The molecular formula is C22H25NO3. The standard InChI is InChI=1S/C22H25NO3/c1-2-26-22-18(21(24)25)9-6-10-20(22)23-14-17-12-11-16(13-19(17)22)15-7-4-3-5-8-15/h3-10,16,20,23H,2,11-14H2,1H3,(H,24,25). The smallest absolute Gasteiger partial charge is 0.334 e. The highest BCUT2D eigenvalue weighted by atomic mass is 16.5. The molecule has 2 aliphatic carbocycles. The van der Waals surface area contributed by atoms with Gasteiger partial charge in [-0.15, -0.1) is 0 Å². The Kier molecular flexibility index (Phi) is 4.55. The highest BCUT2D eigenvalue weighted by Crippen LogP contribution is 2.49. The maximum absolute atomic E-state index is 12.1. The number of aliphatic carboxylic acids is 1. The Morgan fingerprint density at radius 1 is 1.35 bits per heavy atom. The van der Waals surface area contributed by atoms with Crippen LogP contribution < -0.4 is 5.32 Å². The fourth-order valence-corrected chi connectivity index (χ4v) is 4.81. The summed E-state index contributed by atoms with van der Waals surface area (Å²) in [7, 11) is 0. The zero-order valence-corrected chi connectivity index (χ0v) is 15.1. The predicted octanol–water partition coefficient (Wildman–Crippen LogP) is 3.58. The minimum absolute atomic E-state index is 0.133. The molecule has 0 saturated carbocycles. The van der Waals surface area contributed by atoms with Crippen molar-refractivity contribution in [2.45, 2.75) is 43.7 Å². The Bertz CT molecular complexity index is 793. The average Bonchev–Trinajstić information content (AvgIpc) is 2.68.